The van der Waals surface area contributed by atoms with Crippen molar-refractivity contribution in [3.05, 3.63) is 23.2 Å². The van der Waals surface area contributed by atoms with Crippen LogP contribution in [0.2, 0.25) is 5.02 Å². The van der Waals surface area contributed by atoms with Crippen LogP contribution in [0.3, 0.4) is 0 Å². The van der Waals surface area contributed by atoms with Crippen LogP contribution in [0.25, 0.3) is 0 Å². The summed E-state index contributed by atoms with van der Waals surface area (Å²) in [4.78, 5) is 13.2. The molecule has 0 amide bonds. The minimum absolute atomic E-state index is 0.118. The van der Waals surface area contributed by atoms with Gasteiger partial charge in [-0.2, -0.15) is 0 Å². The Kier molecular flexibility index (Phi) is 4.63. The summed E-state index contributed by atoms with van der Waals surface area (Å²) in [5.74, 6) is -0.290. The molecule has 17 heavy (non-hydrogen) atoms. The summed E-state index contributed by atoms with van der Waals surface area (Å²) in [7, 11) is 1.77. The van der Waals surface area contributed by atoms with Crippen molar-refractivity contribution in [3.63, 3.8) is 0 Å². The first kappa shape index (κ1) is 13.6. The minimum atomic E-state index is -0.290. The highest BCUT2D eigenvalue weighted by atomic mass is 35.5. The van der Waals surface area contributed by atoms with Crippen LogP contribution in [0.15, 0.2) is 18.2 Å². The van der Waals surface area contributed by atoms with Crippen LogP contribution in [-0.2, 0) is 9.53 Å². The van der Waals surface area contributed by atoms with Crippen LogP contribution < -0.4 is 10.6 Å². The van der Waals surface area contributed by atoms with Gasteiger partial charge in [-0.25, -0.2) is 0 Å². The lowest BCUT2D eigenvalue weighted by atomic mass is 10.2. The Morgan fingerprint density at radius 3 is 2.76 bits per heavy atom. The Balaban J connectivity index is 2.72. The van der Waals surface area contributed by atoms with Crippen molar-refractivity contribution in [2.45, 2.75) is 20.0 Å². The molecule has 2 N–H and O–H groups in total. The molecule has 0 saturated heterocycles. The Labute approximate surface area is 106 Å². The molecule has 4 nitrogen and oxygen atoms in total. The van der Waals surface area contributed by atoms with E-state index in [0.717, 1.165) is 5.69 Å². The van der Waals surface area contributed by atoms with Crippen LogP contribution in [0.5, 0.6) is 0 Å². The van der Waals surface area contributed by atoms with Gasteiger partial charge in [0.15, 0.2) is 0 Å². The van der Waals surface area contributed by atoms with Crippen LogP contribution in [0.4, 0.5) is 11.4 Å². The number of hydrogen-bond donors (Lipinski definition) is 1. The number of anilines is 2. The van der Waals surface area contributed by atoms with Gasteiger partial charge in [0.2, 0.25) is 0 Å². The molecule has 1 rings (SSSR count). The largest absolute Gasteiger partial charge is 0.462 e. The van der Waals surface area contributed by atoms with Gasteiger partial charge in [-0.15, -0.1) is 0 Å². The highest BCUT2D eigenvalue weighted by Crippen LogP contribution is 2.25. The van der Waals surface area contributed by atoms with Gasteiger partial charge < -0.3 is 15.4 Å². The average molecular weight is 257 g/mol. The fourth-order valence-electron chi connectivity index (χ4n) is 1.43. The van der Waals surface area contributed by atoms with E-state index in [-0.39, 0.29) is 18.6 Å². The second-order valence-corrected chi connectivity index (χ2v) is 4.53. The number of benzene rings is 1. The van der Waals surface area contributed by atoms with Crippen molar-refractivity contribution in [2.75, 3.05) is 24.2 Å². The van der Waals surface area contributed by atoms with E-state index in [1.54, 1.807) is 30.1 Å². The number of halogens is 1. The van der Waals surface area contributed by atoms with Gasteiger partial charge in [0.1, 0.15) is 6.54 Å². The number of likely N-dealkylation sites (N-methyl/N-ethyl adjacent to an activating group) is 1. The number of nitrogen functional groups attached to an aromatic ring is 1. The molecule has 0 aliphatic rings. The lowest BCUT2D eigenvalue weighted by Gasteiger charge is -2.21. The molecule has 0 aliphatic carbocycles. The number of ether oxygens (including phenoxy) is 1. The van der Waals surface area contributed by atoms with Gasteiger partial charge in [-0.1, -0.05) is 11.6 Å². The van der Waals surface area contributed by atoms with Crippen LogP contribution in [-0.4, -0.2) is 25.7 Å². The van der Waals surface area contributed by atoms with Gasteiger partial charge in [-0.3, -0.25) is 4.79 Å². The van der Waals surface area contributed by atoms with E-state index in [0.29, 0.717) is 10.7 Å². The zero-order valence-corrected chi connectivity index (χ0v) is 11.0. The Morgan fingerprint density at radius 1 is 1.53 bits per heavy atom. The monoisotopic (exact) mass is 256 g/mol. The zero-order valence-electron chi connectivity index (χ0n) is 10.2. The Bertz CT molecular complexity index is 407. The quantitative estimate of drug-likeness (QED) is 0.664. The second kappa shape index (κ2) is 5.77. The molecule has 0 atom stereocenters. The summed E-state index contributed by atoms with van der Waals surface area (Å²) < 4.78 is 5.06. The Hall–Kier alpha value is -1.42. The van der Waals surface area contributed by atoms with Crippen molar-refractivity contribution in [2.24, 2.45) is 0 Å². The number of nitrogens with zero attached hydrogens (tertiary/aromatic N) is 1. The lowest BCUT2D eigenvalue weighted by Crippen LogP contribution is -2.29. The van der Waals surface area contributed by atoms with Gasteiger partial charge in [0, 0.05) is 12.1 Å². The summed E-state index contributed by atoms with van der Waals surface area (Å²) in [6.07, 6.45) is -0.118. The van der Waals surface area contributed by atoms with E-state index in [2.05, 4.69) is 0 Å². The summed E-state index contributed by atoms with van der Waals surface area (Å²) in [6.45, 7) is 3.76. The van der Waals surface area contributed by atoms with E-state index in [9.17, 15) is 4.79 Å². The third kappa shape index (κ3) is 4.15. The normalized spacial score (nSPS) is 10.4. The molecule has 0 spiro atoms. The van der Waals surface area contributed by atoms with Gasteiger partial charge in [-0.05, 0) is 32.0 Å². The SMILES string of the molecule is CC(C)OC(=O)CN(C)c1cc(Cl)ccc1N. The molecule has 0 heterocycles. The zero-order chi connectivity index (χ0) is 13.0. The van der Waals surface area contributed by atoms with E-state index < -0.39 is 0 Å². The highest BCUT2D eigenvalue weighted by molar-refractivity contribution is 6.31. The van der Waals surface area contributed by atoms with E-state index in [4.69, 9.17) is 22.1 Å². The molecule has 0 radical (unpaired) electrons. The predicted molar refractivity (Wildman–Crippen MR) is 70.4 cm³/mol. The smallest absolute Gasteiger partial charge is 0.325 e. The van der Waals surface area contributed by atoms with E-state index in [1.165, 1.54) is 0 Å². The van der Waals surface area contributed by atoms with E-state index >= 15 is 0 Å². The van der Waals surface area contributed by atoms with Crippen molar-refractivity contribution in [3.8, 4) is 0 Å². The van der Waals surface area contributed by atoms with Crippen LogP contribution in [0.1, 0.15) is 13.8 Å². The summed E-state index contributed by atoms with van der Waals surface area (Å²) >= 11 is 5.88. The van der Waals surface area contributed by atoms with Crippen LogP contribution in [0, 0.1) is 0 Å². The molecule has 0 unspecified atom stereocenters. The fourth-order valence-corrected chi connectivity index (χ4v) is 1.59. The first-order valence-corrected chi connectivity index (χ1v) is 5.73. The molecule has 0 aromatic heterocycles. The van der Waals surface area contributed by atoms with Crippen LogP contribution >= 0.6 is 11.6 Å². The van der Waals surface area contributed by atoms with Crippen molar-refractivity contribution in [1.29, 1.82) is 0 Å². The fraction of sp³-hybridized carbons (Fsp3) is 0.417. The average Bonchev–Trinajstić information content (AvgIpc) is 2.20. The van der Waals surface area contributed by atoms with Crippen molar-refractivity contribution < 1.29 is 9.53 Å². The van der Waals surface area contributed by atoms with Crippen molar-refractivity contribution in [1.82, 2.24) is 0 Å². The number of carbonyl (C=O) groups is 1. The van der Waals surface area contributed by atoms with Crippen molar-refractivity contribution >= 4 is 28.9 Å². The number of nitrogens with two attached hydrogens (primary N) is 1. The number of rotatable bonds is 4. The maximum atomic E-state index is 11.5. The molecular formula is C12H17ClN2O2. The Morgan fingerprint density at radius 2 is 2.18 bits per heavy atom. The van der Waals surface area contributed by atoms with Gasteiger partial charge >= 0.3 is 5.97 Å². The van der Waals surface area contributed by atoms with Gasteiger partial charge in [0.25, 0.3) is 0 Å². The number of esters is 1. The first-order chi connectivity index (χ1) is 7.90. The summed E-state index contributed by atoms with van der Waals surface area (Å²) in [6, 6.07) is 5.14. The predicted octanol–water partition coefficient (Wildman–Crippen LogP) is 2.31. The summed E-state index contributed by atoms with van der Waals surface area (Å²) in [5, 5.41) is 0.582. The molecule has 1 aromatic rings. The topological polar surface area (TPSA) is 55.6 Å². The molecule has 5 heteroatoms. The van der Waals surface area contributed by atoms with E-state index in [1.807, 2.05) is 13.8 Å². The maximum absolute atomic E-state index is 11.5. The number of hydrogen-bond acceptors (Lipinski definition) is 4. The molecular weight excluding hydrogens is 240 g/mol. The molecule has 1 aromatic carbocycles. The molecule has 94 valence electrons. The third-order valence-electron chi connectivity index (χ3n) is 2.14. The minimum Gasteiger partial charge on any atom is -0.462 e. The number of carbonyl (C=O) groups excluding carboxylic acids is 1. The first-order valence-electron chi connectivity index (χ1n) is 5.35. The second-order valence-electron chi connectivity index (χ2n) is 4.10. The summed E-state index contributed by atoms with van der Waals surface area (Å²) in [5.41, 5.74) is 7.11. The van der Waals surface area contributed by atoms with Gasteiger partial charge in [0.05, 0.1) is 17.5 Å². The molecule has 0 aliphatic heterocycles. The maximum Gasteiger partial charge on any atom is 0.325 e. The third-order valence-corrected chi connectivity index (χ3v) is 2.37. The molecule has 0 saturated carbocycles. The lowest BCUT2D eigenvalue weighted by molar-refractivity contribution is -0.145. The standard InChI is InChI=1S/C12H17ClN2O2/c1-8(2)17-12(16)7-15(3)11-6-9(13)4-5-10(11)14/h4-6,8H,7,14H2,1-3H3. The molecule has 0 bridgehead atoms. The molecule has 0 fully saturated rings. The highest BCUT2D eigenvalue weighted by Gasteiger charge is 2.12.